The van der Waals surface area contributed by atoms with Crippen LogP contribution in [0.1, 0.15) is 26.6 Å². The highest BCUT2D eigenvalue weighted by atomic mass is 19.1. The summed E-state index contributed by atoms with van der Waals surface area (Å²) in [5, 5.41) is 2.55. The zero-order chi connectivity index (χ0) is 24.1. The first kappa shape index (κ1) is 23.2. The molecule has 0 unspecified atom stereocenters. The fourth-order valence-corrected chi connectivity index (χ4v) is 3.60. The van der Waals surface area contributed by atoms with Crippen molar-refractivity contribution in [2.75, 3.05) is 25.0 Å². The van der Waals surface area contributed by atoms with E-state index in [4.69, 9.17) is 4.74 Å². The van der Waals surface area contributed by atoms with E-state index in [1.54, 1.807) is 25.4 Å². The standard InChI is InChI=1S/C24H26FN7O2/c1-4-32(5-2)14-20-27-12-16(13-28-20)15-10-17(21-18(25)8-7-9-26-21)22-19(11-15)29-23(30-22)31-24(33)34-6-3/h7-13H,4-6,14H2,1-3H3,(H2,29,30,31,33). The summed E-state index contributed by atoms with van der Waals surface area (Å²) in [5.74, 6) is 0.440. The summed E-state index contributed by atoms with van der Waals surface area (Å²) in [6.07, 6.45) is 4.39. The molecule has 3 heterocycles. The molecular formula is C24H26FN7O2. The molecule has 34 heavy (non-hydrogen) atoms. The Hall–Kier alpha value is -3.92. The van der Waals surface area contributed by atoms with E-state index in [-0.39, 0.29) is 18.2 Å². The number of ether oxygens (including phenoxy) is 1. The molecule has 0 radical (unpaired) electrons. The highest BCUT2D eigenvalue weighted by Gasteiger charge is 2.17. The van der Waals surface area contributed by atoms with E-state index >= 15 is 0 Å². The van der Waals surface area contributed by atoms with Gasteiger partial charge in [0.2, 0.25) is 5.95 Å². The maximum atomic E-state index is 14.7. The molecule has 4 rings (SSSR count). The van der Waals surface area contributed by atoms with Crippen molar-refractivity contribution in [1.29, 1.82) is 0 Å². The first-order valence-electron chi connectivity index (χ1n) is 11.1. The fourth-order valence-electron chi connectivity index (χ4n) is 3.60. The van der Waals surface area contributed by atoms with Crippen LogP contribution in [0.2, 0.25) is 0 Å². The predicted molar refractivity (Wildman–Crippen MR) is 128 cm³/mol. The maximum Gasteiger partial charge on any atom is 0.413 e. The van der Waals surface area contributed by atoms with Crippen molar-refractivity contribution in [1.82, 2.24) is 29.8 Å². The number of imidazole rings is 1. The second kappa shape index (κ2) is 10.3. The Kier molecular flexibility index (Phi) is 7.07. The SMILES string of the molecule is CCOC(=O)Nc1nc2c(-c3ncccc3F)cc(-c3cnc(CN(CC)CC)nc3)cc2[nH]1. The van der Waals surface area contributed by atoms with Gasteiger partial charge in [-0.05, 0) is 49.8 Å². The molecule has 2 N–H and O–H groups in total. The van der Waals surface area contributed by atoms with Crippen molar-refractivity contribution >= 4 is 23.1 Å². The molecule has 10 heteroatoms. The fraction of sp³-hybridized carbons (Fsp3) is 0.292. The molecule has 0 saturated heterocycles. The zero-order valence-electron chi connectivity index (χ0n) is 19.3. The highest BCUT2D eigenvalue weighted by molar-refractivity contribution is 5.97. The number of hydrogen-bond acceptors (Lipinski definition) is 7. The second-order valence-electron chi connectivity index (χ2n) is 7.53. The highest BCUT2D eigenvalue weighted by Crippen LogP contribution is 2.33. The van der Waals surface area contributed by atoms with Crippen LogP contribution in [0.4, 0.5) is 15.1 Å². The zero-order valence-corrected chi connectivity index (χ0v) is 19.3. The Labute approximate surface area is 196 Å². The molecule has 0 aliphatic heterocycles. The van der Waals surface area contributed by atoms with Crippen molar-refractivity contribution in [3.8, 4) is 22.4 Å². The lowest BCUT2D eigenvalue weighted by atomic mass is 10.0. The molecule has 0 saturated carbocycles. The van der Waals surface area contributed by atoms with Crippen molar-refractivity contribution in [3.63, 3.8) is 0 Å². The average Bonchev–Trinajstić information content (AvgIpc) is 3.25. The lowest BCUT2D eigenvalue weighted by Crippen LogP contribution is -2.23. The number of aromatic nitrogens is 5. The molecule has 0 aliphatic carbocycles. The molecule has 0 fully saturated rings. The lowest BCUT2D eigenvalue weighted by Gasteiger charge is -2.16. The number of carbonyl (C=O) groups is 1. The van der Waals surface area contributed by atoms with Crippen LogP contribution in [0.15, 0.2) is 42.9 Å². The third kappa shape index (κ3) is 5.01. The van der Waals surface area contributed by atoms with Gasteiger partial charge in [0, 0.05) is 29.7 Å². The number of aromatic amines is 1. The molecular weight excluding hydrogens is 437 g/mol. The quantitative estimate of drug-likeness (QED) is 0.392. The van der Waals surface area contributed by atoms with Crippen molar-refractivity contribution < 1.29 is 13.9 Å². The number of amides is 1. The molecule has 1 aromatic carbocycles. The summed E-state index contributed by atoms with van der Waals surface area (Å²) >= 11 is 0. The summed E-state index contributed by atoms with van der Waals surface area (Å²) in [6, 6.07) is 6.52. The van der Waals surface area contributed by atoms with Crippen LogP contribution in [-0.2, 0) is 11.3 Å². The van der Waals surface area contributed by atoms with Crippen LogP contribution >= 0.6 is 0 Å². The van der Waals surface area contributed by atoms with Crippen LogP contribution in [0.5, 0.6) is 0 Å². The first-order chi connectivity index (χ1) is 16.5. The van der Waals surface area contributed by atoms with Gasteiger partial charge in [0.05, 0.1) is 18.7 Å². The summed E-state index contributed by atoms with van der Waals surface area (Å²) in [7, 11) is 0. The Morgan fingerprint density at radius 1 is 1.12 bits per heavy atom. The summed E-state index contributed by atoms with van der Waals surface area (Å²) in [4.78, 5) is 34.8. The molecule has 0 spiro atoms. The van der Waals surface area contributed by atoms with Crippen LogP contribution in [0.25, 0.3) is 33.4 Å². The number of pyridine rings is 1. The number of benzene rings is 1. The number of halogens is 1. The summed E-state index contributed by atoms with van der Waals surface area (Å²) < 4.78 is 19.6. The minimum atomic E-state index is -0.635. The molecule has 9 nitrogen and oxygen atoms in total. The van der Waals surface area contributed by atoms with E-state index in [9.17, 15) is 9.18 Å². The van der Waals surface area contributed by atoms with Gasteiger partial charge in [-0.3, -0.25) is 15.2 Å². The van der Waals surface area contributed by atoms with E-state index in [2.05, 4.69) is 49.0 Å². The van der Waals surface area contributed by atoms with Crippen molar-refractivity contribution in [2.45, 2.75) is 27.3 Å². The summed E-state index contributed by atoms with van der Waals surface area (Å²) in [5.41, 5.74) is 3.21. The molecule has 0 atom stereocenters. The Bertz CT molecular complexity index is 1290. The maximum absolute atomic E-state index is 14.7. The van der Waals surface area contributed by atoms with Crippen molar-refractivity contribution in [2.24, 2.45) is 0 Å². The number of carbonyl (C=O) groups excluding carboxylic acids is 1. The molecule has 1 amide bonds. The lowest BCUT2D eigenvalue weighted by molar-refractivity contribution is 0.167. The van der Waals surface area contributed by atoms with E-state index in [0.717, 1.165) is 30.0 Å². The van der Waals surface area contributed by atoms with E-state index < -0.39 is 11.9 Å². The number of fused-ring (bicyclic) bond motifs is 1. The van der Waals surface area contributed by atoms with Gasteiger partial charge in [-0.1, -0.05) is 13.8 Å². The number of nitrogens with one attached hydrogen (secondary N) is 2. The topological polar surface area (TPSA) is 109 Å². The Balaban J connectivity index is 1.77. The van der Waals surface area contributed by atoms with Gasteiger partial charge in [0.25, 0.3) is 0 Å². The molecule has 0 bridgehead atoms. The summed E-state index contributed by atoms with van der Waals surface area (Å²) in [6.45, 7) is 8.63. The number of anilines is 1. The minimum absolute atomic E-state index is 0.155. The van der Waals surface area contributed by atoms with Gasteiger partial charge in [0.15, 0.2) is 0 Å². The first-order valence-corrected chi connectivity index (χ1v) is 11.1. The van der Waals surface area contributed by atoms with Gasteiger partial charge in [-0.25, -0.2) is 24.1 Å². The number of hydrogen-bond donors (Lipinski definition) is 2. The Morgan fingerprint density at radius 2 is 1.88 bits per heavy atom. The van der Waals surface area contributed by atoms with Crippen LogP contribution in [0.3, 0.4) is 0 Å². The predicted octanol–water partition coefficient (Wildman–Crippen LogP) is 4.63. The largest absolute Gasteiger partial charge is 0.450 e. The Morgan fingerprint density at radius 3 is 2.56 bits per heavy atom. The molecule has 176 valence electrons. The smallest absolute Gasteiger partial charge is 0.413 e. The normalized spacial score (nSPS) is 11.2. The number of H-pyrrole nitrogens is 1. The van der Waals surface area contributed by atoms with Crippen LogP contribution < -0.4 is 5.32 Å². The van der Waals surface area contributed by atoms with E-state index in [0.29, 0.717) is 23.1 Å². The third-order valence-electron chi connectivity index (χ3n) is 5.39. The van der Waals surface area contributed by atoms with Gasteiger partial charge in [-0.2, -0.15) is 0 Å². The number of nitrogens with zero attached hydrogens (tertiary/aromatic N) is 5. The van der Waals surface area contributed by atoms with Gasteiger partial charge in [0.1, 0.15) is 22.9 Å². The molecule has 4 aromatic rings. The monoisotopic (exact) mass is 463 g/mol. The van der Waals surface area contributed by atoms with Gasteiger partial charge in [-0.15, -0.1) is 0 Å². The van der Waals surface area contributed by atoms with Crippen LogP contribution in [-0.4, -0.2) is 55.6 Å². The molecule has 0 aliphatic rings. The van der Waals surface area contributed by atoms with Crippen molar-refractivity contribution in [3.05, 3.63) is 54.5 Å². The minimum Gasteiger partial charge on any atom is -0.450 e. The second-order valence-corrected chi connectivity index (χ2v) is 7.53. The van der Waals surface area contributed by atoms with E-state index in [1.807, 2.05) is 6.07 Å². The third-order valence-corrected chi connectivity index (χ3v) is 5.39. The van der Waals surface area contributed by atoms with E-state index in [1.165, 1.54) is 18.3 Å². The van der Waals surface area contributed by atoms with Gasteiger partial charge < -0.3 is 9.72 Å². The van der Waals surface area contributed by atoms with Gasteiger partial charge >= 0.3 is 6.09 Å². The molecule has 3 aromatic heterocycles. The number of rotatable bonds is 8. The average molecular weight is 464 g/mol. The van der Waals surface area contributed by atoms with Crippen LogP contribution in [0, 0.1) is 5.82 Å².